The Bertz CT molecular complexity index is 518. The third-order valence-corrected chi connectivity index (χ3v) is 5.80. The summed E-state index contributed by atoms with van der Waals surface area (Å²) in [4.78, 5) is 0. The summed E-state index contributed by atoms with van der Waals surface area (Å²) < 4.78 is 19.5. The molecule has 0 aromatic carbocycles. The van der Waals surface area contributed by atoms with Gasteiger partial charge in [-0.1, -0.05) is 27.9 Å². The van der Waals surface area contributed by atoms with Crippen LogP contribution in [0, 0.1) is 24.2 Å². The lowest BCUT2D eigenvalue weighted by molar-refractivity contribution is -0.196. The Morgan fingerprint density at radius 1 is 1.42 bits per heavy atom. The zero-order valence-corrected chi connectivity index (χ0v) is 12.2. The zero-order valence-electron chi connectivity index (χ0n) is 10.6. The second kappa shape index (κ2) is 3.95. The lowest BCUT2D eigenvalue weighted by Gasteiger charge is -2.29. The molecule has 7 atom stereocenters. The molecule has 0 aromatic heterocycles. The molecular formula is C15H15BrO3. The van der Waals surface area contributed by atoms with Crippen molar-refractivity contribution in [2.24, 2.45) is 11.8 Å². The molecule has 0 N–H and O–H groups in total. The van der Waals surface area contributed by atoms with Crippen molar-refractivity contribution in [1.29, 1.82) is 0 Å². The number of ether oxygens (including phenoxy) is 3. The molecule has 4 rings (SSSR count). The Labute approximate surface area is 121 Å². The van der Waals surface area contributed by atoms with E-state index in [4.69, 9.17) is 20.6 Å². The van der Waals surface area contributed by atoms with E-state index < -0.39 is 5.79 Å². The van der Waals surface area contributed by atoms with E-state index in [2.05, 4.69) is 21.9 Å². The molecule has 100 valence electrons. The topological polar surface area (TPSA) is 27.7 Å². The highest BCUT2D eigenvalue weighted by atomic mass is 79.9. The summed E-state index contributed by atoms with van der Waals surface area (Å²) in [6, 6.07) is 0. The van der Waals surface area contributed by atoms with Gasteiger partial charge in [0.2, 0.25) is 5.79 Å². The average molecular weight is 323 g/mol. The van der Waals surface area contributed by atoms with Crippen molar-refractivity contribution in [3.63, 3.8) is 0 Å². The standard InChI is InChI=1S/C15H15BrO3/c1-3-5-6-8-12-9-7-10-14(17-9)13(12)15(18-8,19-10)11(16)4-2/h1,4-6,8-10,12-14H,7H2,2H3/b6-5-,11-4-/t8-,9+,10+,12-,13-,14-,15-/m1/s1. The highest BCUT2D eigenvalue weighted by molar-refractivity contribution is 9.11. The van der Waals surface area contributed by atoms with Crippen LogP contribution in [0.15, 0.2) is 22.7 Å². The molecule has 2 bridgehead atoms. The van der Waals surface area contributed by atoms with Crippen LogP contribution in [0.3, 0.4) is 0 Å². The fraction of sp³-hybridized carbons (Fsp3) is 0.600. The first-order valence-electron chi connectivity index (χ1n) is 6.67. The molecule has 0 spiro atoms. The van der Waals surface area contributed by atoms with Gasteiger partial charge in [-0.25, -0.2) is 0 Å². The predicted octanol–water partition coefficient (Wildman–Crippen LogP) is 2.37. The largest absolute Gasteiger partial charge is 0.371 e. The third kappa shape index (κ3) is 1.34. The fourth-order valence-electron chi connectivity index (χ4n) is 4.20. The first kappa shape index (κ1) is 12.2. The van der Waals surface area contributed by atoms with Crippen LogP contribution in [-0.4, -0.2) is 30.2 Å². The molecule has 4 saturated heterocycles. The number of halogens is 1. The maximum atomic E-state index is 6.26. The number of terminal acetylenes is 1. The van der Waals surface area contributed by atoms with E-state index in [1.165, 1.54) is 0 Å². The lowest BCUT2D eigenvalue weighted by atomic mass is 9.76. The van der Waals surface area contributed by atoms with E-state index in [1.807, 2.05) is 19.1 Å². The Morgan fingerprint density at radius 3 is 3.00 bits per heavy atom. The molecule has 0 amide bonds. The fourth-order valence-corrected chi connectivity index (χ4v) is 4.66. The van der Waals surface area contributed by atoms with Crippen molar-refractivity contribution in [2.75, 3.05) is 0 Å². The van der Waals surface area contributed by atoms with Crippen LogP contribution in [0.25, 0.3) is 0 Å². The minimum atomic E-state index is -0.663. The van der Waals surface area contributed by atoms with Gasteiger partial charge in [-0.15, -0.1) is 6.42 Å². The van der Waals surface area contributed by atoms with Gasteiger partial charge in [0.1, 0.15) is 0 Å². The highest BCUT2D eigenvalue weighted by Gasteiger charge is 2.75. The second-order valence-corrected chi connectivity index (χ2v) is 6.40. The van der Waals surface area contributed by atoms with Crippen LogP contribution in [0.1, 0.15) is 13.3 Å². The molecule has 4 aliphatic rings. The normalized spacial score (nSPS) is 54.3. The first-order chi connectivity index (χ1) is 9.21. The number of allylic oxidation sites excluding steroid dienone is 2. The van der Waals surface area contributed by atoms with Crippen molar-refractivity contribution in [3.8, 4) is 12.3 Å². The van der Waals surface area contributed by atoms with Gasteiger partial charge in [0.25, 0.3) is 0 Å². The molecule has 0 aromatic rings. The van der Waals surface area contributed by atoms with Crippen molar-refractivity contribution in [3.05, 3.63) is 22.7 Å². The van der Waals surface area contributed by atoms with Crippen molar-refractivity contribution >= 4 is 15.9 Å². The van der Waals surface area contributed by atoms with Crippen LogP contribution in [0.2, 0.25) is 0 Å². The van der Waals surface area contributed by atoms with Gasteiger partial charge in [-0.3, -0.25) is 0 Å². The van der Waals surface area contributed by atoms with Gasteiger partial charge in [0.15, 0.2) is 0 Å². The maximum Gasteiger partial charge on any atom is 0.208 e. The van der Waals surface area contributed by atoms with Crippen LogP contribution in [0.5, 0.6) is 0 Å². The molecule has 0 radical (unpaired) electrons. The number of rotatable bonds is 2. The van der Waals surface area contributed by atoms with E-state index >= 15 is 0 Å². The lowest BCUT2D eigenvalue weighted by Crippen LogP contribution is -2.35. The summed E-state index contributed by atoms with van der Waals surface area (Å²) in [7, 11) is 0. The van der Waals surface area contributed by atoms with Crippen LogP contribution < -0.4 is 0 Å². The van der Waals surface area contributed by atoms with Crippen LogP contribution in [0.4, 0.5) is 0 Å². The van der Waals surface area contributed by atoms with Gasteiger partial charge >= 0.3 is 0 Å². The summed E-state index contributed by atoms with van der Waals surface area (Å²) >= 11 is 3.62. The molecular weight excluding hydrogens is 308 g/mol. The Balaban J connectivity index is 1.78. The molecule has 3 nitrogen and oxygen atoms in total. The summed E-state index contributed by atoms with van der Waals surface area (Å²) in [6.07, 6.45) is 12.5. The number of hydrogen-bond acceptors (Lipinski definition) is 3. The summed E-state index contributed by atoms with van der Waals surface area (Å²) in [5.41, 5.74) is 0. The number of hydrogen-bond donors (Lipinski definition) is 0. The first-order valence-corrected chi connectivity index (χ1v) is 7.46. The molecule has 19 heavy (non-hydrogen) atoms. The SMILES string of the molecule is C#C/C=C\[C@H]1O[C@]2(/C(Br)=C/C)O[C@H]3C[C@@H]4O[C@H]3[C@H]2[C@@H]41. The molecule has 0 aliphatic carbocycles. The molecule has 4 heterocycles. The summed E-state index contributed by atoms with van der Waals surface area (Å²) in [5, 5.41) is 0. The highest BCUT2D eigenvalue weighted by Crippen LogP contribution is 2.65. The van der Waals surface area contributed by atoms with E-state index in [1.54, 1.807) is 6.08 Å². The van der Waals surface area contributed by atoms with E-state index in [0.717, 1.165) is 10.9 Å². The monoisotopic (exact) mass is 322 g/mol. The predicted molar refractivity (Wildman–Crippen MR) is 73.4 cm³/mol. The quantitative estimate of drug-likeness (QED) is 0.730. The average Bonchev–Trinajstić information content (AvgIpc) is 3.06. The molecule has 4 heteroatoms. The van der Waals surface area contributed by atoms with Crippen LogP contribution in [-0.2, 0) is 14.2 Å². The minimum Gasteiger partial charge on any atom is -0.371 e. The number of fused-ring (bicyclic) bond motifs is 2. The molecule has 0 saturated carbocycles. The third-order valence-electron chi connectivity index (χ3n) is 4.79. The van der Waals surface area contributed by atoms with Crippen LogP contribution >= 0.6 is 15.9 Å². The Hall–Kier alpha value is -0.600. The maximum absolute atomic E-state index is 6.26. The van der Waals surface area contributed by atoms with E-state index in [0.29, 0.717) is 5.92 Å². The smallest absolute Gasteiger partial charge is 0.208 e. The van der Waals surface area contributed by atoms with Crippen molar-refractivity contribution in [2.45, 2.75) is 43.5 Å². The summed E-state index contributed by atoms with van der Waals surface area (Å²) in [5.74, 6) is 2.49. The molecule has 4 aliphatic heterocycles. The van der Waals surface area contributed by atoms with Gasteiger partial charge in [-0.2, -0.15) is 0 Å². The van der Waals surface area contributed by atoms with Gasteiger partial charge in [0.05, 0.1) is 34.8 Å². The minimum absolute atomic E-state index is 0.0233. The van der Waals surface area contributed by atoms with Gasteiger partial charge in [-0.05, 0) is 19.1 Å². The second-order valence-electron chi connectivity index (χ2n) is 5.55. The Morgan fingerprint density at radius 2 is 2.26 bits per heavy atom. The van der Waals surface area contributed by atoms with Crippen molar-refractivity contribution in [1.82, 2.24) is 0 Å². The van der Waals surface area contributed by atoms with E-state index in [-0.39, 0.29) is 30.3 Å². The van der Waals surface area contributed by atoms with Crippen molar-refractivity contribution < 1.29 is 14.2 Å². The zero-order chi connectivity index (χ0) is 13.2. The molecule has 4 fully saturated rings. The van der Waals surface area contributed by atoms with Gasteiger partial charge < -0.3 is 14.2 Å². The summed E-state index contributed by atoms with van der Waals surface area (Å²) in [6.45, 7) is 1.98. The van der Waals surface area contributed by atoms with E-state index in [9.17, 15) is 0 Å². The Kier molecular flexibility index (Phi) is 2.53. The molecule has 0 unspecified atom stereocenters. The van der Waals surface area contributed by atoms with Gasteiger partial charge in [0, 0.05) is 12.3 Å².